The molecule has 2 rings (SSSR count). The summed E-state index contributed by atoms with van der Waals surface area (Å²) in [5, 5.41) is 3.80. The maximum absolute atomic E-state index is 13.5. The van der Waals surface area contributed by atoms with Crippen LogP contribution in [0.25, 0.3) is 11.4 Å². The van der Waals surface area contributed by atoms with E-state index in [1.54, 1.807) is 33.2 Å². The minimum atomic E-state index is -0.309. The predicted octanol–water partition coefficient (Wildman–Crippen LogP) is 2.20. The molecular formula is C14H16FN3O2. The van der Waals surface area contributed by atoms with E-state index < -0.39 is 0 Å². The molecule has 1 aromatic heterocycles. The third-order valence-corrected chi connectivity index (χ3v) is 2.95. The van der Waals surface area contributed by atoms with E-state index in [-0.39, 0.29) is 11.7 Å². The van der Waals surface area contributed by atoms with Crippen molar-refractivity contribution in [3.63, 3.8) is 0 Å². The fourth-order valence-electron chi connectivity index (χ4n) is 1.64. The van der Waals surface area contributed by atoms with Crippen LogP contribution in [0.2, 0.25) is 0 Å². The Bertz CT molecular complexity index is 623. The van der Waals surface area contributed by atoms with Crippen LogP contribution < -0.4 is 0 Å². The first kappa shape index (κ1) is 14.2. The zero-order valence-corrected chi connectivity index (χ0v) is 11.7. The number of hydrogen-bond donors (Lipinski definition) is 0. The van der Waals surface area contributed by atoms with Crippen molar-refractivity contribution in [3.05, 3.63) is 35.5 Å². The summed E-state index contributed by atoms with van der Waals surface area (Å²) < 4.78 is 18.5. The molecule has 0 aliphatic carbocycles. The number of aryl methyl sites for hydroxylation is 2. The molecule has 0 unspecified atom stereocenters. The van der Waals surface area contributed by atoms with Gasteiger partial charge >= 0.3 is 0 Å². The average Bonchev–Trinajstić information content (AvgIpc) is 2.87. The van der Waals surface area contributed by atoms with Gasteiger partial charge in [0.05, 0.1) is 0 Å². The standard InChI is InChI=1S/C14H16FN3O2/c1-9-4-5-10(8-11(9)15)14-16-12(20-17-14)6-7-13(19)18(2)3/h4-5,8H,6-7H2,1-3H3. The van der Waals surface area contributed by atoms with Crippen LogP contribution in [0.5, 0.6) is 0 Å². The van der Waals surface area contributed by atoms with Crippen LogP contribution in [0.4, 0.5) is 4.39 Å². The van der Waals surface area contributed by atoms with E-state index in [1.165, 1.54) is 11.0 Å². The average molecular weight is 277 g/mol. The molecule has 1 heterocycles. The van der Waals surface area contributed by atoms with Crippen LogP contribution in [0.15, 0.2) is 22.7 Å². The lowest BCUT2D eigenvalue weighted by atomic mass is 10.1. The molecule has 0 saturated carbocycles. The lowest BCUT2D eigenvalue weighted by molar-refractivity contribution is -0.128. The normalized spacial score (nSPS) is 10.6. The second kappa shape index (κ2) is 5.81. The molecule has 0 N–H and O–H groups in total. The molecule has 0 aliphatic heterocycles. The number of carbonyl (C=O) groups is 1. The molecule has 1 amide bonds. The second-order valence-corrected chi connectivity index (χ2v) is 4.76. The van der Waals surface area contributed by atoms with Gasteiger partial charge in [0.1, 0.15) is 5.82 Å². The van der Waals surface area contributed by atoms with E-state index in [0.29, 0.717) is 35.7 Å². The second-order valence-electron chi connectivity index (χ2n) is 4.76. The topological polar surface area (TPSA) is 59.2 Å². The van der Waals surface area contributed by atoms with Crippen LogP contribution in [-0.4, -0.2) is 35.0 Å². The predicted molar refractivity (Wildman–Crippen MR) is 71.4 cm³/mol. The van der Waals surface area contributed by atoms with Crippen molar-refractivity contribution in [1.29, 1.82) is 0 Å². The number of hydrogen-bond acceptors (Lipinski definition) is 4. The highest BCUT2D eigenvalue weighted by molar-refractivity contribution is 5.75. The molecule has 0 spiro atoms. The van der Waals surface area contributed by atoms with Crippen molar-refractivity contribution in [3.8, 4) is 11.4 Å². The Morgan fingerprint density at radius 3 is 2.80 bits per heavy atom. The van der Waals surface area contributed by atoms with Crippen molar-refractivity contribution in [2.45, 2.75) is 19.8 Å². The van der Waals surface area contributed by atoms with Crippen LogP contribution in [0.1, 0.15) is 17.9 Å². The van der Waals surface area contributed by atoms with Gasteiger partial charge in [0.15, 0.2) is 0 Å². The Kier molecular flexibility index (Phi) is 4.12. The summed E-state index contributed by atoms with van der Waals surface area (Å²) in [6.45, 7) is 1.69. The first-order chi connectivity index (χ1) is 9.47. The highest BCUT2D eigenvalue weighted by Crippen LogP contribution is 2.19. The smallest absolute Gasteiger partial charge is 0.227 e. The molecule has 0 radical (unpaired) electrons. The molecule has 20 heavy (non-hydrogen) atoms. The summed E-state index contributed by atoms with van der Waals surface area (Å²) in [7, 11) is 3.38. The van der Waals surface area contributed by atoms with Crippen molar-refractivity contribution in [2.75, 3.05) is 14.1 Å². The lowest BCUT2D eigenvalue weighted by Crippen LogP contribution is -2.21. The van der Waals surface area contributed by atoms with Crippen molar-refractivity contribution >= 4 is 5.91 Å². The Morgan fingerprint density at radius 1 is 1.40 bits per heavy atom. The lowest BCUT2D eigenvalue weighted by Gasteiger charge is -2.07. The number of halogens is 1. The Hall–Kier alpha value is -2.24. The third kappa shape index (κ3) is 3.20. The molecular weight excluding hydrogens is 261 g/mol. The highest BCUT2D eigenvalue weighted by Gasteiger charge is 2.12. The summed E-state index contributed by atoms with van der Waals surface area (Å²) in [6.07, 6.45) is 0.676. The number of carbonyl (C=O) groups excluding carboxylic acids is 1. The number of aromatic nitrogens is 2. The molecule has 6 heteroatoms. The minimum Gasteiger partial charge on any atom is -0.349 e. The van der Waals surface area contributed by atoms with E-state index >= 15 is 0 Å². The molecule has 0 bridgehead atoms. The SMILES string of the molecule is Cc1ccc(-c2noc(CCC(=O)N(C)C)n2)cc1F. The van der Waals surface area contributed by atoms with Gasteiger partial charge < -0.3 is 9.42 Å². The zero-order chi connectivity index (χ0) is 14.7. The molecule has 0 aliphatic rings. The molecule has 5 nitrogen and oxygen atoms in total. The molecule has 106 valence electrons. The van der Waals surface area contributed by atoms with Gasteiger partial charge in [-0.2, -0.15) is 4.98 Å². The van der Waals surface area contributed by atoms with Crippen molar-refractivity contribution in [2.24, 2.45) is 0 Å². The Labute approximate surface area is 116 Å². The molecule has 1 aromatic carbocycles. The third-order valence-electron chi connectivity index (χ3n) is 2.95. The van der Waals surface area contributed by atoms with Crippen LogP contribution in [0.3, 0.4) is 0 Å². The van der Waals surface area contributed by atoms with E-state index in [2.05, 4.69) is 10.1 Å². The number of benzene rings is 1. The molecule has 2 aromatic rings. The fourth-order valence-corrected chi connectivity index (χ4v) is 1.64. The van der Waals surface area contributed by atoms with Crippen LogP contribution in [-0.2, 0) is 11.2 Å². The highest BCUT2D eigenvalue weighted by atomic mass is 19.1. The summed E-state index contributed by atoms with van der Waals surface area (Å²) in [5.74, 6) is 0.384. The van der Waals surface area contributed by atoms with Gasteiger partial charge in [0, 0.05) is 32.5 Å². The molecule has 0 fully saturated rings. The largest absolute Gasteiger partial charge is 0.349 e. The number of amides is 1. The maximum atomic E-state index is 13.5. The van der Waals surface area contributed by atoms with Gasteiger partial charge in [-0.15, -0.1) is 0 Å². The van der Waals surface area contributed by atoms with Gasteiger partial charge in [0.25, 0.3) is 0 Å². The van der Waals surface area contributed by atoms with E-state index in [9.17, 15) is 9.18 Å². The van der Waals surface area contributed by atoms with E-state index in [0.717, 1.165) is 0 Å². The quantitative estimate of drug-likeness (QED) is 0.859. The van der Waals surface area contributed by atoms with Gasteiger partial charge in [-0.1, -0.05) is 17.3 Å². The van der Waals surface area contributed by atoms with E-state index in [1.807, 2.05) is 0 Å². The number of rotatable bonds is 4. The summed E-state index contributed by atoms with van der Waals surface area (Å²) >= 11 is 0. The van der Waals surface area contributed by atoms with Crippen molar-refractivity contribution < 1.29 is 13.7 Å². The summed E-state index contributed by atoms with van der Waals surface area (Å²) in [4.78, 5) is 17.1. The van der Waals surface area contributed by atoms with Crippen molar-refractivity contribution in [1.82, 2.24) is 15.0 Å². The minimum absolute atomic E-state index is 0.00821. The van der Waals surface area contributed by atoms with Crippen LogP contribution in [0, 0.1) is 12.7 Å². The summed E-state index contributed by atoms with van der Waals surface area (Å²) in [5.41, 5.74) is 1.12. The first-order valence-corrected chi connectivity index (χ1v) is 6.26. The van der Waals surface area contributed by atoms with Gasteiger partial charge in [0.2, 0.25) is 17.6 Å². The monoisotopic (exact) mass is 277 g/mol. The molecule has 0 saturated heterocycles. The van der Waals surface area contributed by atoms with E-state index in [4.69, 9.17) is 4.52 Å². The van der Waals surface area contributed by atoms with Crippen LogP contribution >= 0.6 is 0 Å². The molecule has 0 atom stereocenters. The fraction of sp³-hybridized carbons (Fsp3) is 0.357. The number of nitrogens with zero attached hydrogens (tertiary/aromatic N) is 3. The summed E-state index contributed by atoms with van der Waals surface area (Å²) in [6, 6.07) is 4.77. The van der Waals surface area contributed by atoms with Gasteiger partial charge in [-0.05, 0) is 18.6 Å². The maximum Gasteiger partial charge on any atom is 0.227 e. The zero-order valence-electron chi connectivity index (χ0n) is 11.7. The van der Waals surface area contributed by atoms with Gasteiger partial charge in [-0.25, -0.2) is 4.39 Å². The van der Waals surface area contributed by atoms with Gasteiger partial charge in [-0.3, -0.25) is 4.79 Å². The first-order valence-electron chi connectivity index (χ1n) is 6.26. The Morgan fingerprint density at radius 2 is 2.15 bits per heavy atom. The Balaban J connectivity index is 2.08.